The Bertz CT molecular complexity index is 1720. The fourth-order valence-electron chi connectivity index (χ4n) is 6.11. The number of ether oxygens (including phenoxy) is 1. The summed E-state index contributed by atoms with van der Waals surface area (Å²) in [6.45, 7) is 7.82. The van der Waals surface area contributed by atoms with Gasteiger partial charge in [-0.05, 0) is 78.8 Å². The highest BCUT2D eigenvalue weighted by Crippen LogP contribution is 2.52. The van der Waals surface area contributed by atoms with E-state index in [0.717, 1.165) is 22.8 Å². The first-order valence-corrected chi connectivity index (χ1v) is 14.2. The van der Waals surface area contributed by atoms with Crippen LogP contribution in [0.1, 0.15) is 60.4 Å². The quantitative estimate of drug-likeness (QED) is 0.315. The normalized spacial score (nSPS) is 18.4. The smallest absolute Gasteiger partial charge is 0.418 e. The molecule has 0 bridgehead atoms. The van der Waals surface area contributed by atoms with Gasteiger partial charge >= 0.3 is 6.18 Å². The van der Waals surface area contributed by atoms with Gasteiger partial charge in [-0.25, -0.2) is 0 Å². The molecular formula is C34H31ClF3N3O2. The molecule has 0 saturated heterocycles. The molecule has 2 aliphatic rings. The van der Waals surface area contributed by atoms with Crippen LogP contribution in [-0.4, -0.2) is 5.78 Å². The first-order valence-electron chi connectivity index (χ1n) is 13.8. The van der Waals surface area contributed by atoms with Crippen LogP contribution in [0.5, 0.6) is 5.75 Å². The molecule has 1 unspecified atom stereocenters. The predicted molar refractivity (Wildman–Crippen MR) is 160 cm³/mol. The molecule has 0 spiro atoms. The summed E-state index contributed by atoms with van der Waals surface area (Å²) in [4.78, 5) is 15.2. The minimum absolute atomic E-state index is 0.0297. The summed E-state index contributed by atoms with van der Waals surface area (Å²) in [7, 11) is 0. The molecule has 5 rings (SSSR count). The lowest BCUT2D eigenvalue weighted by molar-refractivity contribution is -0.137. The number of hydrogen-bond acceptors (Lipinski definition) is 5. The van der Waals surface area contributed by atoms with Crippen molar-refractivity contribution in [2.24, 2.45) is 11.1 Å². The van der Waals surface area contributed by atoms with Crippen molar-refractivity contribution >= 4 is 23.1 Å². The zero-order valence-corrected chi connectivity index (χ0v) is 25.0. The Labute approximate surface area is 254 Å². The lowest BCUT2D eigenvalue weighted by Crippen LogP contribution is -2.42. The van der Waals surface area contributed by atoms with Gasteiger partial charge in [-0.3, -0.25) is 9.69 Å². The maximum atomic E-state index is 14.2. The van der Waals surface area contributed by atoms with Crippen LogP contribution in [-0.2, 0) is 17.6 Å². The average molecular weight is 606 g/mol. The molecule has 2 N–H and O–H groups in total. The molecule has 3 aromatic rings. The van der Waals surface area contributed by atoms with Crippen LogP contribution in [0.3, 0.4) is 0 Å². The Morgan fingerprint density at radius 3 is 2.42 bits per heavy atom. The van der Waals surface area contributed by atoms with Crippen LogP contribution >= 0.6 is 11.6 Å². The van der Waals surface area contributed by atoms with E-state index in [4.69, 9.17) is 22.1 Å². The fourth-order valence-corrected chi connectivity index (χ4v) is 6.23. The SMILES string of the molecule is Cc1cc(COc2ccc(Cl)cc2)c(C)c(C2C(C#N)=C(N)N(c3ccccc3C(F)(F)F)C3=C2C(=O)CC(C)(C)C3)c1. The van der Waals surface area contributed by atoms with Gasteiger partial charge in [-0.1, -0.05) is 55.3 Å². The molecule has 1 aliphatic heterocycles. The summed E-state index contributed by atoms with van der Waals surface area (Å²) < 4.78 is 48.7. The van der Waals surface area contributed by atoms with Crippen molar-refractivity contribution in [2.45, 2.75) is 59.2 Å². The van der Waals surface area contributed by atoms with Gasteiger partial charge in [0.15, 0.2) is 5.78 Å². The van der Waals surface area contributed by atoms with Gasteiger partial charge in [0.1, 0.15) is 18.2 Å². The van der Waals surface area contributed by atoms with Crippen LogP contribution in [0.25, 0.3) is 0 Å². The molecule has 0 fully saturated rings. The van der Waals surface area contributed by atoms with E-state index in [0.29, 0.717) is 34.0 Å². The molecule has 43 heavy (non-hydrogen) atoms. The van der Waals surface area contributed by atoms with Crippen molar-refractivity contribution < 1.29 is 22.7 Å². The first kappa shape index (κ1) is 30.2. The Hall–Kier alpha value is -4.22. The number of rotatable bonds is 5. The summed E-state index contributed by atoms with van der Waals surface area (Å²) in [5.41, 5.74) is 8.95. The molecule has 0 radical (unpaired) electrons. The van der Waals surface area contributed by atoms with Crippen molar-refractivity contribution in [2.75, 3.05) is 4.90 Å². The number of alkyl halides is 3. The number of nitrogens with two attached hydrogens (primary N) is 1. The summed E-state index contributed by atoms with van der Waals surface area (Å²) in [5.74, 6) is -0.550. The molecule has 5 nitrogen and oxygen atoms in total. The number of carbonyl (C=O) groups excluding carboxylic acids is 1. The van der Waals surface area contributed by atoms with Gasteiger partial charge in [-0.2, -0.15) is 18.4 Å². The minimum Gasteiger partial charge on any atom is -0.489 e. The van der Waals surface area contributed by atoms with Gasteiger partial charge in [0.05, 0.1) is 28.8 Å². The number of Topliss-reactive ketones (excluding diaryl/α,β-unsaturated/α-hetero) is 1. The monoisotopic (exact) mass is 605 g/mol. The summed E-state index contributed by atoms with van der Waals surface area (Å²) >= 11 is 6.00. The van der Waals surface area contributed by atoms with Crippen LogP contribution in [0.4, 0.5) is 18.9 Å². The molecule has 222 valence electrons. The Kier molecular flexibility index (Phi) is 7.82. The van der Waals surface area contributed by atoms with E-state index in [1.165, 1.54) is 23.1 Å². The van der Waals surface area contributed by atoms with E-state index in [1.54, 1.807) is 24.3 Å². The lowest BCUT2D eigenvalue weighted by atomic mass is 9.67. The zero-order valence-electron chi connectivity index (χ0n) is 24.3. The summed E-state index contributed by atoms with van der Waals surface area (Å²) in [6.07, 6.45) is -4.19. The van der Waals surface area contributed by atoms with Crippen LogP contribution in [0.15, 0.2) is 83.3 Å². The molecule has 3 aromatic carbocycles. The maximum absolute atomic E-state index is 14.2. The standard InChI is InChI=1S/C34H31ClF3N3O2/c1-19-13-21(18-43-23-11-9-22(35)10-12-23)20(2)24(14-19)30-25(17-39)32(40)41(27-8-6-5-7-26(27)34(36,37)38)28-15-33(3,4)16-29(42)31(28)30/h5-14,30H,15-16,18,40H2,1-4H3. The van der Waals surface area contributed by atoms with E-state index >= 15 is 0 Å². The van der Waals surface area contributed by atoms with Crippen molar-refractivity contribution in [3.05, 3.63) is 116 Å². The lowest BCUT2D eigenvalue weighted by Gasteiger charge is -2.44. The number of anilines is 1. The molecule has 0 saturated carbocycles. The Balaban J connectivity index is 1.70. The number of halogens is 4. The van der Waals surface area contributed by atoms with Gasteiger partial charge in [0, 0.05) is 22.7 Å². The third-order valence-electron chi connectivity index (χ3n) is 8.05. The number of nitrogens with zero attached hydrogens (tertiary/aromatic N) is 2. The van der Waals surface area contributed by atoms with Crippen molar-refractivity contribution in [1.29, 1.82) is 5.26 Å². The van der Waals surface area contributed by atoms with Gasteiger partial charge < -0.3 is 10.5 Å². The maximum Gasteiger partial charge on any atom is 0.418 e. The largest absolute Gasteiger partial charge is 0.489 e. The van der Waals surface area contributed by atoms with Gasteiger partial charge in [0.2, 0.25) is 0 Å². The highest BCUT2D eigenvalue weighted by molar-refractivity contribution is 6.30. The van der Waals surface area contributed by atoms with Crippen molar-refractivity contribution in [3.63, 3.8) is 0 Å². The number of nitriles is 1. The number of carbonyl (C=O) groups is 1. The highest BCUT2D eigenvalue weighted by atomic mass is 35.5. The van der Waals surface area contributed by atoms with E-state index in [1.807, 2.05) is 39.8 Å². The third-order valence-corrected chi connectivity index (χ3v) is 8.30. The minimum atomic E-state index is -4.68. The second kappa shape index (κ2) is 11.1. The number of hydrogen-bond donors (Lipinski definition) is 1. The summed E-state index contributed by atoms with van der Waals surface area (Å²) in [5, 5.41) is 11.1. The van der Waals surface area contributed by atoms with Crippen molar-refractivity contribution in [3.8, 4) is 11.8 Å². The van der Waals surface area contributed by atoms with Crippen LogP contribution in [0, 0.1) is 30.6 Å². The molecular weight excluding hydrogens is 575 g/mol. The topological polar surface area (TPSA) is 79.3 Å². The number of aryl methyl sites for hydroxylation is 1. The first-order chi connectivity index (χ1) is 20.2. The Morgan fingerprint density at radius 2 is 1.77 bits per heavy atom. The number of ketones is 1. The highest BCUT2D eigenvalue weighted by Gasteiger charge is 2.47. The van der Waals surface area contributed by atoms with Crippen LogP contribution < -0.4 is 15.4 Å². The predicted octanol–water partition coefficient (Wildman–Crippen LogP) is 8.50. The molecule has 1 heterocycles. The van der Waals surface area contributed by atoms with E-state index in [2.05, 4.69) is 6.07 Å². The molecule has 0 aromatic heterocycles. The molecule has 1 aliphatic carbocycles. The number of para-hydroxylation sites is 1. The fraction of sp³-hybridized carbons (Fsp3) is 0.294. The summed E-state index contributed by atoms with van der Waals surface area (Å²) in [6, 6.07) is 18.1. The Morgan fingerprint density at radius 1 is 1.09 bits per heavy atom. The van der Waals surface area contributed by atoms with E-state index in [-0.39, 0.29) is 35.9 Å². The second-order valence-electron chi connectivity index (χ2n) is 11.9. The van der Waals surface area contributed by atoms with Crippen molar-refractivity contribution in [1.82, 2.24) is 0 Å². The molecule has 9 heteroatoms. The van der Waals surface area contributed by atoms with E-state index < -0.39 is 23.1 Å². The van der Waals surface area contributed by atoms with Gasteiger partial charge in [-0.15, -0.1) is 0 Å². The molecule has 1 atom stereocenters. The van der Waals surface area contributed by atoms with E-state index in [9.17, 15) is 23.2 Å². The zero-order chi connectivity index (χ0) is 31.3. The average Bonchev–Trinajstić information content (AvgIpc) is 2.92. The van der Waals surface area contributed by atoms with Crippen LogP contribution in [0.2, 0.25) is 5.02 Å². The van der Waals surface area contributed by atoms with Gasteiger partial charge in [0.25, 0.3) is 0 Å². The third kappa shape index (κ3) is 5.74. The number of benzene rings is 3. The molecule has 0 amide bonds. The second-order valence-corrected chi connectivity index (χ2v) is 12.3. The number of allylic oxidation sites excluding steroid dienone is 3.